The maximum Gasteiger partial charge on any atom is 0.457 e. The summed E-state index contributed by atoms with van der Waals surface area (Å²) in [6.07, 6.45) is -11.2. The molecule has 0 saturated heterocycles. The fourth-order valence-corrected chi connectivity index (χ4v) is 2.75. The van der Waals surface area contributed by atoms with E-state index < -0.39 is 69.7 Å². The molecule has 0 heterocycles. The van der Waals surface area contributed by atoms with Gasteiger partial charge in [0, 0.05) is 5.56 Å². The zero-order chi connectivity index (χ0) is 22.7. The van der Waals surface area contributed by atoms with E-state index in [0.29, 0.717) is 0 Å². The smallest absolute Gasteiger partial charge is 0.457 e. The Morgan fingerprint density at radius 3 is 1.93 bits per heavy atom. The lowest BCUT2D eigenvalue weighted by Gasteiger charge is -2.45. The summed E-state index contributed by atoms with van der Waals surface area (Å²) < 4.78 is 140. The molecule has 0 aromatic heterocycles. The highest BCUT2D eigenvalue weighted by atomic mass is 19.4. The number of allylic oxidation sites excluding steroid dienone is 3. The van der Waals surface area contributed by atoms with Crippen molar-refractivity contribution in [1.82, 2.24) is 0 Å². The van der Waals surface area contributed by atoms with Crippen LogP contribution in [-0.4, -0.2) is 34.2 Å². The normalized spacial score (nSPS) is 25.9. The van der Waals surface area contributed by atoms with Crippen LogP contribution in [0, 0.1) is 0 Å². The third kappa shape index (κ3) is 2.68. The number of hydrogen-bond donors (Lipinski definition) is 4. The topological polar surface area (TPSA) is 92.5 Å². The largest absolute Gasteiger partial charge is 0.506 e. The van der Waals surface area contributed by atoms with Crippen LogP contribution in [-0.2, 0) is 5.67 Å². The number of nitrogen functional groups attached to an aromatic ring is 1. The molecule has 29 heavy (non-hydrogen) atoms. The van der Waals surface area contributed by atoms with Crippen molar-refractivity contribution in [1.29, 1.82) is 0 Å². The zero-order valence-electron chi connectivity index (χ0n) is 13.6. The van der Waals surface area contributed by atoms with Gasteiger partial charge in [0.25, 0.3) is 5.67 Å². The molecule has 0 spiro atoms. The van der Waals surface area contributed by atoms with E-state index in [1.54, 1.807) is 0 Å². The fourth-order valence-electron chi connectivity index (χ4n) is 2.75. The molecule has 162 valence electrons. The van der Waals surface area contributed by atoms with E-state index in [0.717, 1.165) is 0 Å². The van der Waals surface area contributed by atoms with Crippen LogP contribution in [0.4, 0.5) is 49.6 Å². The standard InChI is InChI=1S/C15H10F10N2O2/c16-7-9(29)8(27)11(18)12(19,10(7)17)13(20,14(21,22)15(23,24)25)4-1-2-6(28)5(26)3-4/h1-3,11,28-29H,26-27H2. The van der Waals surface area contributed by atoms with Crippen molar-refractivity contribution < 1.29 is 54.1 Å². The Bertz CT molecular complexity index is 913. The van der Waals surface area contributed by atoms with E-state index in [2.05, 4.69) is 0 Å². The van der Waals surface area contributed by atoms with E-state index in [9.17, 15) is 40.2 Å². The third-order valence-corrected chi connectivity index (χ3v) is 4.33. The molecule has 0 fully saturated rings. The number of aromatic hydroxyl groups is 1. The van der Waals surface area contributed by atoms with Gasteiger partial charge in [-0.05, 0) is 12.1 Å². The van der Waals surface area contributed by atoms with Crippen molar-refractivity contribution in [3.8, 4) is 5.75 Å². The van der Waals surface area contributed by atoms with Crippen LogP contribution in [0.25, 0.3) is 0 Å². The highest BCUT2D eigenvalue weighted by molar-refractivity contribution is 5.57. The Morgan fingerprint density at radius 2 is 1.48 bits per heavy atom. The highest BCUT2D eigenvalue weighted by Crippen LogP contribution is 2.63. The summed E-state index contributed by atoms with van der Waals surface area (Å²) in [6, 6.07) is 0.0149. The minimum atomic E-state index is -6.96. The van der Waals surface area contributed by atoms with Gasteiger partial charge >= 0.3 is 12.1 Å². The Hall–Kier alpha value is -2.80. The quantitative estimate of drug-likeness (QED) is 0.321. The summed E-state index contributed by atoms with van der Waals surface area (Å²) in [5.74, 6) is -16.3. The van der Waals surface area contributed by atoms with Crippen LogP contribution in [0.2, 0.25) is 0 Å². The number of anilines is 1. The summed E-state index contributed by atoms with van der Waals surface area (Å²) in [5.41, 5.74) is -7.20. The molecule has 0 amide bonds. The number of aliphatic hydroxyl groups excluding tert-OH is 1. The van der Waals surface area contributed by atoms with Gasteiger partial charge < -0.3 is 21.7 Å². The Balaban J connectivity index is 3.01. The second kappa shape index (κ2) is 6.35. The SMILES string of the molecule is NC1=C(O)C(F)=C(F)C(F)(C(F)(c2ccc(O)c(N)c2)C(F)(F)C(F)(F)F)C1F. The lowest BCUT2D eigenvalue weighted by molar-refractivity contribution is -0.353. The number of hydrogen-bond acceptors (Lipinski definition) is 4. The van der Waals surface area contributed by atoms with Crippen molar-refractivity contribution in [2.75, 3.05) is 5.73 Å². The average molecular weight is 440 g/mol. The van der Waals surface area contributed by atoms with E-state index >= 15 is 8.78 Å². The maximum atomic E-state index is 15.5. The van der Waals surface area contributed by atoms with E-state index in [1.807, 2.05) is 0 Å². The number of aliphatic hydroxyl groups is 1. The molecule has 0 saturated carbocycles. The summed E-state index contributed by atoms with van der Waals surface area (Å²) in [7, 11) is 0. The number of phenols is 1. The molecule has 14 heteroatoms. The van der Waals surface area contributed by atoms with Crippen LogP contribution in [0.3, 0.4) is 0 Å². The number of nitrogens with two attached hydrogens (primary N) is 2. The molecule has 0 radical (unpaired) electrons. The summed E-state index contributed by atoms with van der Waals surface area (Å²) in [5, 5.41) is 18.3. The van der Waals surface area contributed by atoms with Gasteiger partial charge in [0.2, 0.25) is 11.5 Å². The second-order valence-corrected chi connectivity index (χ2v) is 6.01. The molecule has 1 aliphatic carbocycles. The third-order valence-electron chi connectivity index (χ3n) is 4.33. The zero-order valence-corrected chi connectivity index (χ0v) is 13.6. The van der Waals surface area contributed by atoms with Gasteiger partial charge in [-0.2, -0.15) is 26.3 Å². The molecule has 2 rings (SSSR count). The van der Waals surface area contributed by atoms with Gasteiger partial charge in [0.05, 0.1) is 11.4 Å². The lowest BCUT2D eigenvalue weighted by Crippen LogP contribution is -2.67. The van der Waals surface area contributed by atoms with E-state index in [4.69, 9.17) is 16.6 Å². The van der Waals surface area contributed by atoms with Crippen LogP contribution in [0.15, 0.2) is 41.3 Å². The molecular formula is C15H10F10N2O2. The van der Waals surface area contributed by atoms with Crippen molar-refractivity contribution in [3.63, 3.8) is 0 Å². The molecule has 0 bridgehead atoms. The van der Waals surface area contributed by atoms with Crippen molar-refractivity contribution in [3.05, 3.63) is 46.9 Å². The van der Waals surface area contributed by atoms with Gasteiger partial charge in [-0.25, -0.2) is 17.6 Å². The van der Waals surface area contributed by atoms with Gasteiger partial charge in [-0.15, -0.1) is 0 Å². The van der Waals surface area contributed by atoms with Crippen LogP contribution < -0.4 is 11.5 Å². The second-order valence-electron chi connectivity index (χ2n) is 6.01. The van der Waals surface area contributed by atoms with Crippen LogP contribution >= 0.6 is 0 Å². The van der Waals surface area contributed by atoms with Crippen molar-refractivity contribution in [2.24, 2.45) is 5.73 Å². The Kier molecular flexibility index (Phi) is 4.93. The predicted octanol–water partition coefficient (Wildman–Crippen LogP) is 4.28. The monoisotopic (exact) mass is 440 g/mol. The first kappa shape index (κ1) is 22.5. The number of benzene rings is 1. The van der Waals surface area contributed by atoms with Crippen molar-refractivity contribution in [2.45, 2.75) is 29.6 Å². The van der Waals surface area contributed by atoms with E-state index in [1.165, 1.54) is 0 Å². The minimum Gasteiger partial charge on any atom is -0.506 e. The van der Waals surface area contributed by atoms with Crippen LogP contribution in [0.1, 0.15) is 5.56 Å². The molecule has 3 unspecified atom stereocenters. The summed E-state index contributed by atoms with van der Waals surface area (Å²) in [4.78, 5) is 0. The highest BCUT2D eigenvalue weighted by Gasteiger charge is 2.83. The maximum absolute atomic E-state index is 15.5. The van der Waals surface area contributed by atoms with Crippen LogP contribution in [0.5, 0.6) is 5.75 Å². The number of phenolic OH excluding ortho intramolecular Hbond substituents is 1. The van der Waals surface area contributed by atoms with Gasteiger partial charge in [-0.3, -0.25) is 0 Å². The summed E-state index contributed by atoms with van der Waals surface area (Å²) in [6.45, 7) is 0. The number of halogens is 10. The molecule has 1 aromatic rings. The van der Waals surface area contributed by atoms with E-state index in [-0.39, 0.29) is 18.2 Å². The first-order valence-corrected chi connectivity index (χ1v) is 7.26. The average Bonchev–Trinajstić information content (AvgIpc) is 2.63. The molecule has 4 nitrogen and oxygen atoms in total. The van der Waals surface area contributed by atoms with Crippen molar-refractivity contribution >= 4 is 5.69 Å². The summed E-state index contributed by atoms with van der Waals surface area (Å²) >= 11 is 0. The van der Waals surface area contributed by atoms with Gasteiger partial charge in [-0.1, -0.05) is 6.07 Å². The molecule has 6 N–H and O–H groups in total. The minimum absolute atomic E-state index is 0.0705. The number of rotatable bonds is 3. The predicted molar refractivity (Wildman–Crippen MR) is 78.1 cm³/mol. The molecule has 3 atom stereocenters. The molecular weight excluding hydrogens is 430 g/mol. The van der Waals surface area contributed by atoms with Gasteiger partial charge in [0.15, 0.2) is 17.8 Å². The Morgan fingerprint density at radius 1 is 0.966 bits per heavy atom. The molecule has 1 aliphatic rings. The van der Waals surface area contributed by atoms with Gasteiger partial charge in [0.1, 0.15) is 5.75 Å². The fraction of sp³-hybridized carbons (Fsp3) is 0.333. The molecule has 1 aromatic carbocycles. The first-order chi connectivity index (χ1) is 13.0. The lowest BCUT2D eigenvalue weighted by atomic mass is 9.69. The Labute approximate surface area is 154 Å². The first-order valence-electron chi connectivity index (χ1n) is 7.26. The molecule has 0 aliphatic heterocycles. The number of alkyl halides is 8.